The summed E-state index contributed by atoms with van der Waals surface area (Å²) < 4.78 is 5.31. The summed E-state index contributed by atoms with van der Waals surface area (Å²) in [5, 5.41) is 11.7. The van der Waals surface area contributed by atoms with Crippen molar-refractivity contribution >= 4 is 5.84 Å². The van der Waals surface area contributed by atoms with Crippen molar-refractivity contribution in [1.29, 1.82) is 0 Å². The quantitative estimate of drug-likeness (QED) is 0.230. The van der Waals surface area contributed by atoms with Crippen LogP contribution in [0.2, 0.25) is 0 Å². The van der Waals surface area contributed by atoms with Crippen molar-refractivity contribution in [2.45, 2.75) is 19.8 Å². The van der Waals surface area contributed by atoms with E-state index in [4.69, 9.17) is 15.7 Å². The summed E-state index contributed by atoms with van der Waals surface area (Å²) in [4.78, 5) is 2.31. The van der Waals surface area contributed by atoms with Gasteiger partial charge in [0.05, 0.1) is 6.61 Å². The molecule has 0 saturated carbocycles. The number of nitrogens with two attached hydrogens (primary N) is 1. The Bertz CT molecular complexity index is 209. The Balaban J connectivity index is 2.29. The second-order valence-electron chi connectivity index (χ2n) is 3.86. The third-order valence-electron chi connectivity index (χ3n) is 2.80. The minimum absolute atomic E-state index is 0.199. The predicted octanol–water partition coefficient (Wildman–Crippen LogP) is 0.481. The van der Waals surface area contributed by atoms with Gasteiger partial charge in [-0.2, -0.15) is 0 Å². The van der Waals surface area contributed by atoms with Crippen molar-refractivity contribution in [2.24, 2.45) is 16.8 Å². The third kappa shape index (κ3) is 4.05. The van der Waals surface area contributed by atoms with Gasteiger partial charge in [-0.1, -0.05) is 5.16 Å². The van der Waals surface area contributed by atoms with Crippen LogP contribution in [0.5, 0.6) is 0 Å². The van der Waals surface area contributed by atoms with E-state index in [9.17, 15) is 0 Å². The second-order valence-corrected chi connectivity index (χ2v) is 3.86. The Labute approximate surface area is 90.9 Å². The third-order valence-corrected chi connectivity index (χ3v) is 2.80. The molecular formula is C10H21N3O2. The number of rotatable bonds is 5. The maximum absolute atomic E-state index is 8.61. The molecule has 15 heavy (non-hydrogen) atoms. The standard InChI is InChI=1S/C10H21N3O2/c1-2-15-7-6-13-5-3-4-9(8-13)10(11)12-14/h9,14H,2-8H2,1H3,(H2,11,12). The molecular weight excluding hydrogens is 194 g/mol. The van der Waals surface area contributed by atoms with Crippen LogP contribution < -0.4 is 5.73 Å². The number of hydrogen-bond acceptors (Lipinski definition) is 4. The lowest BCUT2D eigenvalue weighted by Gasteiger charge is -2.31. The number of oxime groups is 1. The molecule has 0 aromatic heterocycles. The van der Waals surface area contributed by atoms with Crippen molar-refractivity contribution in [2.75, 3.05) is 32.8 Å². The van der Waals surface area contributed by atoms with E-state index in [0.717, 1.165) is 45.7 Å². The molecule has 88 valence electrons. The molecule has 1 atom stereocenters. The molecule has 5 heteroatoms. The van der Waals surface area contributed by atoms with Crippen LogP contribution in [0.15, 0.2) is 5.16 Å². The number of likely N-dealkylation sites (tertiary alicyclic amines) is 1. The van der Waals surface area contributed by atoms with Crippen LogP contribution in [0.4, 0.5) is 0 Å². The van der Waals surface area contributed by atoms with Crippen molar-refractivity contribution in [3.63, 3.8) is 0 Å². The van der Waals surface area contributed by atoms with E-state index in [1.807, 2.05) is 6.92 Å². The van der Waals surface area contributed by atoms with Gasteiger partial charge < -0.3 is 20.6 Å². The lowest BCUT2D eigenvalue weighted by molar-refractivity contribution is 0.0991. The van der Waals surface area contributed by atoms with Crippen LogP contribution in [0, 0.1) is 5.92 Å². The number of nitrogens with zero attached hydrogens (tertiary/aromatic N) is 2. The van der Waals surface area contributed by atoms with Gasteiger partial charge in [0.25, 0.3) is 0 Å². The van der Waals surface area contributed by atoms with Crippen LogP contribution in [-0.4, -0.2) is 48.8 Å². The fourth-order valence-corrected chi connectivity index (χ4v) is 1.92. The van der Waals surface area contributed by atoms with Gasteiger partial charge in [-0.25, -0.2) is 0 Å². The SMILES string of the molecule is CCOCCN1CCCC(C(N)=NO)C1. The zero-order valence-corrected chi connectivity index (χ0v) is 9.35. The minimum atomic E-state index is 0.199. The van der Waals surface area contributed by atoms with E-state index >= 15 is 0 Å². The highest BCUT2D eigenvalue weighted by Gasteiger charge is 2.22. The smallest absolute Gasteiger partial charge is 0.143 e. The molecule has 5 nitrogen and oxygen atoms in total. The molecule has 0 aliphatic carbocycles. The van der Waals surface area contributed by atoms with Gasteiger partial charge >= 0.3 is 0 Å². The number of hydrogen-bond donors (Lipinski definition) is 2. The van der Waals surface area contributed by atoms with Gasteiger partial charge in [0.15, 0.2) is 0 Å². The summed E-state index contributed by atoms with van der Waals surface area (Å²) >= 11 is 0. The Morgan fingerprint density at radius 1 is 1.67 bits per heavy atom. The molecule has 0 bridgehead atoms. The van der Waals surface area contributed by atoms with E-state index in [0.29, 0.717) is 5.84 Å². The first-order valence-corrected chi connectivity index (χ1v) is 5.55. The van der Waals surface area contributed by atoms with Gasteiger partial charge in [-0.3, -0.25) is 0 Å². The molecule has 1 saturated heterocycles. The second kappa shape index (κ2) is 6.63. The largest absolute Gasteiger partial charge is 0.409 e. The molecule has 0 aromatic carbocycles. The maximum atomic E-state index is 8.61. The monoisotopic (exact) mass is 215 g/mol. The maximum Gasteiger partial charge on any atom is 0.143 e. The van der Waals surface area contributed by atoms with Crippen molar-refractivity contribution in [1.82, 2.24) is 4.90 Å². The lowest BCUT2D eigenvalue weighted by atomic mass is 9.97. The molecule has 1 heterocycles. The summed E-state index contributed by atoms with van der Waals surface area (Å²) in [7, 11) is 0. The molecule has 1 rings (SSSR count). The molecule has 0 aromatic rings. The van der Waals surface area contributed by atoms with Crippen LogP contribution in [-0.2, 0) is 4.74 Å². The molecule has 1 aliphatic rings. The van der Waals surface area contributed by atoms with E-state index in [-0.39, 0.29) is 5.92 Å². The molecule has 0 spiro atoms. The first kappa shape index (κ1) is 12.3. The highest BCUT2D eigenvalue weighted by atomic mass is 16.5. The molecule has 1 unspecified atom stereocenters. The molecule has 1 fully saturated rings. The van der Waals surface area contributed by atoms with Crippen LogP contribution in [0.3, 0.4) is 0 Å². The van der Waals surface area contributed by atoms with Crippen LogP contribution >= 0.6 is 0 Å². The summed E-state index contributed by atoms with van der Waals surface area (Å²) in [6.07, 6.45) is 2.12. The van der Waals surface area contributed by atoms with E-state index in [1.54, 1.807) is 0 Å². The number of amidine groups is 1. The molecule has 3 N–H and O–H groups in total. The highest BCUT2D eigenvalue weighted by Crippen LogP contribution is 2.16. The lowest BCUT2D eigenvalue weighted by Crippen LogP contribution is -2.42. The first-order valence-electron chi connectivity index (χ1n) is 5.55. The summed E-state index contributed by atoms with van der Waals surface area (Å²) in [5.41, 5.74) is 5.61. The van der Waals surface area contributed by atoms with Gasteiger partial charge in [-0.15, -0.1) is 0 Å². The zero-order chi connectivity index (χ0) is 11.1. The summed E-state index contributed by atoms with van der Waals surface area (Å²) in [6, 6.07) is 0. The van der Waals surface area contributed by atoms with E-state index in [1.165, 1.54) is 0 Å². The highest BCUT2D eigenvalue weighted by molar-refractivity contribution is 5.82. The topological polar surface area (TPSA) is 71.1 Å². The van der Waals surface area contributed by atoms with Crippen molar-refractivity contribution in [3.8, 4) is 0 Å². The molecule has 0 radical (unpaired) electrons. The average molecular weight is 215 g/mol. The van der Waals surface area contributed by atoms with E-state index < -0.39 is 0 Å². The molecule has 0 amide bonds. The fraction of sp³-hybridized carbons (Fsp3) is 0.900. The zero-order valence-electron chi connectivity index (χ0n) is 9.35. The summed E-state index contributed by atoms with van der Waals surface area (Å²) in [5.74, 6) is 0.557. The normalized spacial score (nSPS) is 24.3. The van der Waals surface area contributed by atoms with Crippen LogP contribution in [0.25, 0.3) is 0 Å². The van der Waals surface area contributed by atoms with Gasteiger partial charge in [0.1, 0.15) is 5.84 Å². The number of piperidine rings is 1. The molecule has 1 aliphatic heterocycles. The Kier molecular flexibility index (Phi) is 5.42. The van der Waals surface area contributed by atoms with Crippen LogP contribution in [0.1, 0.15) is 19.8 Å². The Hall–Kier alpha value is -0.810. The number of ether oxygens (including phenoxy) is 1. The first-order chi connectivity index (χ1) is 7.27. The predicted molar refractivity (Wildman–Crippen MR) is 59.1 cm³/mol. The summed E-state index contributed by atoms with van der Waals surface area (Å²) in [6.45, 7) is 6.42. The van der Waals surface area contributed by atoms with E-state index in [2.05, 4.69) is 10.1 Å². The van der Waals surface area contributed by atoms with Crippen molar-refractivity contribution in [3.05, 3.63) is 0 Å². The van der Waals surface area contributed by atoms with Gasteiger partial charge in [0, 0.05) is 25.6 Å². The Morgan fingerprint density at radius 2 is 2.47 bits per heavy atom. The Morgan fingerprint density at radius 3 is 3.13 bits per heavy atom. The van der Waals surface area contributed by atoms with Gasteiger partial charge in [-0.05, 0) is 26.3 Å². The van der Waals surface area contributed by atoms with Crippen molar-refractivity contribution < 1.29 is 9.94 Å². The van der Waals surface area contributed by atoms with Gasteiger partial charge in [0.2, 0.25) is 0 Å². The minimum Gasteiger partial charge on any atom is -0.409 e. The fourth-order valence-electron chi connectivity index (χ4n) is 1.92. The average Bonchev–Trinajstić information content (AvgIpc) is 2.29.